The number of alkyl halides is 3. The van der Waals surface area contributed by atoms with Crippen LogP contribution in [0, 0.1) is 0 Å². The van der Waals surface area contributed by atoms with Crippen molar-refractivity contribution < 1.29 is 18.3 Å². The molecule has 0 aliphatic heterocycles. The highest BCUT2D eigenvalue weighted by atomic mass is 79.9. The number of nitrogens with zero attached hydrogens (tertiary/aromatic N) is 1. The predicted octanol–water partition coefficient (Wildman–Crippen LogP) is 2.83. The van der Waals surface area contributed by atoms with E-state index in [9.17, 15) is 13.2 Å². The Morgan fingerprint density at radius 1 is 1.42 bits per heavy atom. The molecule has 0 saturated heterocycles. The quantitative estimate of drug-likeness (QED) is 0.866. The summed E-state index contributed by atoms with van der Waals surface area (Å²) in [6.45, 7) is 0.269. The Hall–Kier alpha value is -0.790. The van der Waals surface area contributed by atoms with Gasteiger partial charge < -0.3 is 15.7 Å². The monoisotopic (exact) mass is 340 g/mol. The first-order valence-electron chi connectivity index (χ1n) is 5.72. The van der Waals surface area contributed by atoms with E-state index in [1.807, 2.05) is 0 Å². The standard InChI is InChI=1S/C12H16BrF3N2O/c1-8(17)10-3-2-9(6-11(10)13)18(4-5-19)7-12(14,15)16/h2-3,6,8,19H,4-5,7,17H2,1H3. The van der Waals surface area contributed by atoms with Crippen LogP contribution in [0.4, 0.5) is 18.9 Å². The number of rotatable bonds is 5. The van der Waals surface area contributed by atoms with Gasteiger partial charge in [-0.25, -0.2) is 0 Å². The lowest BCUT2D eigenvalue weighted by molar-refractivity contribution is -0.119. The molecule has 0 fully saturated rings. The molecular formula is C12H16BrF3N2O. The molecule has 1 rings (SSSR count). The molecule has 1 unspecified atom stereocenters. The lowest BCUT2D eigenvalue weighted by atomic mass is 10.1. The molecule has 19 heavy (non-hydrogen) atoms. The molecule has 0 aromatic heterocycles. The number of halogens is 4. The van der Waals surface area contributed by atoms with E-state index >= 15 is 0 Å². The van der Waals surface area contributed by atoms with Crippen molar-refractivity contribution in [2.75, 3.05) is 24.6 Å². The van der Waals surface area contributed by atoms with Gasteiger partial charge in [0.15, 0.2) is 0 Å². The Balaban J connectivity index is 3.00. The third-order valence-corrected chi connectivity index (χ3v) is 3.27. The predicted molar refractivity (Wildman–Crippen MR) is 72.1 cm³/mol. The van der Waals surface area contributed by atoms with E-state index in [2.05, 4.69) is 15.9 Å². The Kier molecular flexibility index (Phi) is 5.64. The van der Waals surface area contributed by atoms with Crippen molar-refractivity contribution in [3.63, 3.8) is 0 Å². The van der Waals surface area contributed by atoms with Gasteiger partial charge in [0.25, 0.3) is 0 Å². The summed E-state index contributed by atoms with van der Waals surface area (Å²) >= 11 is 3.30. The molecule has 7 heteroatoms. The third-order valence-electron chi connectivity index (χ3n) is 2.58. The summed E-state index contributed by atoms with van der Waals surface area (Å²) in [4.78, 5) is 1.08. The fourth-order valence-corrected chi connectivity index (χ4v) is 2.45. The van der Waals surface area contributed by atoms with E-state index in [1.54, 1.807) is 25.1 Å². The largest absolute Gasteiger partial charge is 0.405 e. The van der Waals surface area contributed by atoms with Crippen LogP contribution in [0.1, 0.15) is 18.5 Å². The summed E-state index contributed by atoms with van der Waals surface area (Å²) in [7, 11) is 0. The van der Waals surface area contributed by atoms with Gasteiger partial charge in [-0.05, 0) is 24.6 Å². The number of aliphatic hydroxyl groups excluding tert-OH is 1. The lowest BCUT2D eigenvalue weighted by Gasteiger charge is -2.26. The molecule has 0 aliphatic carbocycles. The van der Waals surface area contributed by atoms with E-state index in [-0.39, 0.29) is 19.2 Å². The fourth-order valence-electron chi connectivity index (χ4n) is 1.72. The molecule has 3 nitrogen and oxygen atoms in total. The highest BCUT2D eigenvalue weighted by molar-refractivity contribution is 9.10. The second kappa shape index (κ2) is 6.58. The molecule has 108 valence electrons. The Labute approximate surface area is 118 Å². The van der Waals surface area contributed by atoms with Gasteiger partial charge in [-0.2, -0.15) is 13.2 Å². The maximum atomic E-state index is 12.5. The van der Waals surface area contributed by atoms with E-state index < -0.39 is 12.7 Å². The molecule has 0 saturated carbocycles. The minimum atomic E-state index is -4.32. The number of anilines is 1. The van der Waals surface area contributed by atoms with Gasteiger partial charge in [-0.1, -0.05) is 22.0 Å². The van der Waals surface area contributed by atoms with Crippen LogP contribution in [0.25, 0.3) is 0 Å². The van der Waals surface area contributed by atoms with Crippen molar-refractivity contribution in [1.29, 1.82) is 0 Å². The summed E-state index contributed by atoms with van der Waals surface area (Å²) in [5, 5.41) is 8.87. The van der Waals surface area contributed by atoms with Crippen LogP contribution in [-0.4, -0.2) is 31.0 Å². The minimum absolute atomic E-state index is 0.0799. The summed E-state index contributed by atoms with van der Waals surface area (Å²) in [6, 6.07) is 4.63. The fraction of sp³-hybridized carbons (Fsp3) is 0.500. The van der Waals surface area contributed by atoms with E-state index in [1.165, 1.54) is 0 Å². The average molecular weight is 341 g/mol. The van der Waals surface area contributed by atoms with Gasteiger partial charge in [0.05, 0.1) is 6.61 Å². The summed E-state index contributed by atoms with van der Waals surface area (Å²) in [6.07, 6.45) is -4.32. The van der Waals surface area contributed by atoms with Gasteiger partial charge in [0.1, 0.15) is 6.54 Å². The third kappa shape index (κ3) is 5.00. The smallest absolute Gasteiger partial charge is 0.395 e. The highest BCUT2D eigenvalue weighted by Crippen LogP contribution is 2.29. The van der Waals surface area contributed by atoms with Crippen molar-refractivity contribution in [3.8, 4) is 0 Å². The number of hydrogen-bond donors (Lipinski definition) is 2. The summed E-state index contributed by atoms with van der Waals surface area (Å²) in [5.41, 5.74) is 6.95. The Morgan fingerprint density at radius 3 is 2.47 bits per heavy atom. The molecule has 0 bridgehead atoms. The van der Waals surface area contributed by atoms with E-state index in [0.29, 0.717) is 10.2 Å². The molecule has 1 aromatic carbocycles. The summed E-state index contributed by atoms with van der Waals surface area (Å²) in [5.74, 6) is 0. The molecule has 3 N–H and O–H groups in total. The minimum Gasteiger partial charge on any atom is -0.395 e. The van der Waals surface area contributed by atoms with Gasteiger partial charge >= 0.3 is 6.18 Å². The number of aliphatic hydroxyl groups is 1. The average Bonchev–Trinajstić information content (AvgIpc) is 2.26. The molecule has 0 radical (unpaired) electrons. The van der Waals surface area contributed by atoms with Gasteiger partial charge in [0.2, 0.25) is 0 Å². The molecule has 1 aromatic rings. The maximum Gasteiger partial charge on any atom is 0.405 e. The number of hydrogen-bond acceptors (Lipinski definition) is 3. The molecule has 0 amide bonds. The van der Waals surface area contributed by atoms with Crippen LogP contribution in [0.2, 0.25) is 0 Å². The molecule has 0 heterocycles. The molecule has 0 spiro atoms. The van der Waals surface area contributed by atoms with Crippen LogP contribution >= 0.6 is 15.9 Å². The second-order valence-corrected chi connectivity index (χ2v) is 5.11. The Morgan fingerprint density at radius 2 is 2.05 bits per heavy atom. The van der Waals surface area contributed by atoms with Crippen molar-refractivity contribution >= 4 is 21.6 Å². The molecule has 0 aliphatic rings. The first kappa shape index (κ1) is 16.3. The second-order valence-electron chi connectivity index (χ2n) is 4.25. The topological polar surface area (TPSA) is 49.5 Å². The van der Waals surface area contributed by atoms with Crippen LogP contribution in [0.3, 0.4) is 0 Å². The van der Waals surface area contributed by atoms with Crippen LogP contribution < -0.4 is 10.6 Å². The SMILES string of the molecule is CC(N)c1ccc(N(CCO)CC(F)(F)F)cc1Br. The summed E-state index contributed by atoms with van der Waals surface area (Å²) < 4.78 is 38.1. The number of benzene rings is 1. The van der Waals surface area contributed by atoms with Crippen molar-refractivity contribution in [2.45, 2.75) is 19.1 Å². The highest BCUT2D eigenvalue weighted by Gasteiger charge is 2.30. The lowest BCUT2D eigenvalue weighted by Crippen LogP contribution is -2.36. The van der Waals surface area contributed by atoms with Crippen LogP contribution in [-0.2, 0) is 0 Å². The molecule has 1 atom stereocenters. The van der Waals surface area contributed by atoms with Crippen molar-refractivity contribution in [2.24, 2.45) is 5.73 Å². The van der Waals surface area contributed by atoms with E-state index in [0.717, 1.165) is 10.5 Å². The first-order chi connectivity index (χ1) is 8.74. The zero-order valence-corrected chi connectivity index (χ0v) is 12.0. The Bertz CT molecular complexity index is 424. The normalized spacial score (nSPS) is 13.4. The van der Waals surface area contributed by atoms with Crippen LogP contribution in [0.5, 0.6) is 0 Å². The van der Waals surface area contributed by atoms with Crippen molar-refractivity contribution in [1.82, 2.24) is 0 Å². The van der Waals surface area contributed by atoms with Crippen LogP contribution in [0.15, 0.2) is 22.7 Å². The van der Waals surface area contributed by atoms with Gasteiger partial charge in [-0.15, -0.1) is 0 Å². The van der Waals surface area contributed by atoms with Gasteiger partial charge in [-0.3, -0.25) is 0 Å². The zero-order valence-electron chi connectivity index (χ0n) is 10.4. The first-order valence-corrected chi connectivity index (χ1v) is 6.51. The zero-order chi connectivity index (χ0) is 14.6. The number of nitrogens with two attached hydrogens (primary N) is 1. The maximum absolute atomic E-state index is 12.5. The van der Waals surface area contributed by atoms with Gasteiger partial charge in [0, 0.05) is 22.7 Å². The molecular weight excluding hydrogens is 325 g/mol. The van der Waals surface area contributed by atoms with Crippen molar-refractivity contribution in [3.05, 3.63) is 28.2 Å². The van der Waals surface area contributed by atoms with E-state index in [4.69, 9.17) is 10.8 Å².